The van der Waals surface area contributed by atoms with E-state index >= 15 is 0 Å². The van der Waals surface area contributed by atoms with Crippen molar-refractivity contribution < 1.29 is 14.3 Å². The van der Waals surface area contributed by atoms with Crippen molar-refractivity contribution in [3.63, 3.8) is 0 Å². The van der Waals surface area contributed by atoms with Gasteiger partial charge in [-0.05, 0) is 47.2 Å². The Hall–Kier alpha value is -1.30. The molecule has 6 heteroatoms. The molecule has 6 nitrogen and oxygen atoms in total. The van der Waals surface area contributed by atoms with Crippen LogP contribution in [0.15, 0.2) is 0 Å². The molecule has 0 aromatic carbocycles. The maximum atomic E-state index is 12.0. The Kier molecular flexibility index (Phi) is 7.16. The van der Waals surface area contributed by atoms with E-state index in [2.05, 4.69) is 29.4 Å². The number of hydrogen-bond donors (Lipinski definition) is 2. The summed E-state index contributed by atoms with van der Waals surface area (Å²) in [5.41, 5.74) is -0.612. The normalized spacial score (nSPS) is 13.8. The van der Waals surface area contributed by atoms with Gasteiger partial charge in [0.05, 0.1) is 0 Å². The van der Waals surface area contributed by atoms with Gasteiger partial charge in [-0.3, -0.25) is 4.79 Å². The van der Waals surface area contributed by atoms with E-state index in [1.807, 2.05) is 14.1 Å². The Morgan fingerprint density at radius 1 is 1.14 bits per heavy atom. The predicted octanol–water partition coefficient (Wildman–Crippen LogP) is 1.60. The molecular formula is C15H31N3O3. The first kappa shape index (κ1) is 19.7. The average molecular weight is 301 g/mol. The van der Waals surface area contributed by atoms with E-state index in [9.17, 15) is 9.59 Å². The van der Waals surface area contributed by atoms with Crippen molar-refractivity contribution in [1.29, 1.82) is 0 Å². The van der Waals surface area contributed by atoms with Gasteiger partial charge in [0.15, 0.2) is 0 Å². The molecule has 0 aromatic rings. The maximum Gasteiger partial charge on any atom is 0.408 e. The second-order valence-corrected chi connectivity index (χ2v) is 7.49. The van der Waals surface area contributed by atoms with E-state index in [0.29, 0.717) is 6.54 Å². The molecule has 0 aliphatic heterocycles. The second-order valence-electron chi connectivity index (χ2n) is 7.49. The van der Waals surface area contributed by atoms with E-state index in [1.54, 1.807) is 27.7 Å². The molecule has 0 spiro atoms. The van der Waals surface area contributed by atoms with Crippen LogP contribution in [0.4, 0.5) is 4.79 Å². The third kappa shape index (κ3) is 10.1. The van der Waals surface area contributed by atoms with Crippen LogP contribution < -0.4 is 10.6 Å². The number of carbonyl (C=O) groups excluding carboxylic acids is 2. The van der Waals surface area contributed by atoms with Crippen LogP contribution in [0, 0.1) is 5.41 Å². The molecule has 1 atom stereocenters. The summed E-state index contributed by atoms with van der Waals surface area (Å²) in [5, 5.41) is 5.39. The first-order chi connectivity index (χ1) is 9.32. The Bertz CT molecular complexity index is 360. The van der Waals surface area contributed by atoms with Crippen molar-refractivity contribution in [1.82, 2.24) is 15.5 Å². The van der Waals surface area contributed by atoms with E-state index in [1.165, 1.54) is 0 Å². The van der Waals surface area contributed by atoms with Crippen molar-refractivity contribution >= 4 is 12.0 Å². The van der Waals surface area contributed by atoms with Crippen LogP contribution in [-0.2, 0) is 9.53 Å². The molecule has 0 aliphatic rings. The largest absolute Gasteiger partial charge is 0.444 e. The molecule has 0 bridgehead atoms. The number of rotatable bonds is 6. The average Bonchev–Trinajstić information content (AvgIpc) is 2.21. The minimum atomic E-state index is -0.630. The molecule has 0 saturated carbocycles. The highest BCUT2D eigenvalue weighted by atomic mass is 16.6. The minimum Gasteiger partial charge on any atom is -0.444 e. The smallest absolute Gasteiger partial charge is 0.408 e. The number of nitrogens with one attached hydrogen (secondary N) is 2. The molecule has 0 saturated heterocycles. The molecule has 0 fully saturated rings. The molecule has 2 amide bonds. The summed E-state index contributed by atoms with van der Waals surface area (Å²) in [7, 11) is 3.99. The van der Waals surface area contributed by atoms with Crippen LogP contribution in [0.5, 0.6) is 0 Å². The molecule has 0 aliphatic carbocycles. The summed E-state index contributed by atoms with van der Waals surface area (Å²) < 4.78 is 5.12. The van der Waals surface area contributed by atoms with Crippen LogP contribution in [0.2, 0.25) is 0 Å². The van der Waals surface area contributed by atoms with Gasteiger partial charge >= 0.3 is 6.09 Å². The van der Waals surface area contributed by atoms with Gasteiger partial charge in [-0.2, -0.15) is 0 Å². The SMILES string of the molecule is C[C@@H](NC(=O)OC(C)(C)C)C(=O)NCC(C)(C)CN(C)C. The van der Waals surface area contributed by atoms with Crippen LogP contribution in [0.1, 0.15) is 41.5 Å². The first-order valence-corrected chi connectivity index (χ1v) is 7.24. The maximum absolute atomic E-state index is 12.0. The lowest BCUT2D eigenvalue weighted by molar-refractivity contribution is -0.123. The molecule has 0 radical (unpaired) electrons. The van der Waals surface area contributed by atoms with Crippen molar-refractivity contribution in [3.05, 3.63) is 0 Å². The lowest BCUT2D eigenvalue weighted by atomic mass is 9.93. The van der Waals surface area contributed by atoms with Gasteiger partial charge in [0.1, 0.15) is 11.6 Å². The van der Waals surface area contributed by atoms with E-state index in [-0.39, 0.29) is 11.3 Å². The second kappa shape index (κ2) is 7.64. The van der Waals surface area contributed by atoms with Crippen LogP contribution in [0.3, 0.4) is 0 Å². The van der Waals surface area contributed by atoms with Crippen molar-refractivity contribution in [2.75, 3.05) is 27.2 Å². The van der Waals surface area contributed by atoms with E-state index < -0.39 is 17.7 Å². The van der Waals surface area contributed by atoms with Crippen LogP contribution in [0.25, 0.3) is 0 Å². The first-order valence-electron chi connectivity index (χ1n) is 7.24. The standard InChI is InChI=1S/C15H31N3O3/c1-11(17-13(20)21-14(2,3)4)12(19)16-9-15(5,6)10-18(7)8/h11H,9-10H2,1-8H3,(H,16,19)(H,17,20)/t11-/m1/s1. The third-order valence-electron chi connectivity index (χ3n) is 2.61. The molecule has 0 aromatic heterocycles. The highest BCUT2D eigenvalue weighted by Crippen LogP contribution is 2.14. The Morgan fingerprint density at radius 2 is 1.67 bits per heavy atom. The van der Waals surface area contributed by atoms with Crippen LogP contribution in [-0.4, -0.2) is 55.7 Å². The van der Waals surface area contributed by atoms with Gasteiger partial charge in [0.2, 0.25) is 5.91 Å². The van der Waals surface area contributed by atoms with Crippen molar-refractivity contribution in [2.24, 2.45) is 5.41 Å². The summed E-state index contributed by atoms with van der Waals surface area (Å²) in [5.74, 6) is -0.215. The molecular weight excluding hydrogens is 270 g/mol. The lowest BCUT2D eigenvalue weighted by Crippen LogP contribution is -2.49. The topological polar surface area (TPSA) is 70.7 Å². The highest BCUT2D eigenvalue weighted by Gasteiger charge is 2.24. The zero-order valence-electron chi connectivity index (χ0n) is 14.7. The number of alkyl carbamates (subject to hydrolysis) is 1. The number of amides is 2. The van der Waals surface area contributed by atoms with Crippen molar-refractivity contribution in [2.45, 2.75) is 53.2 Å². The summed E-state index contributed by atoms with van der Waals surface area (Å²) in [6.07, 6.45) is -0.585. The zero-order chi connectivity index (χ0) is 16.8. The molecule has 2 N–H and O–H groups in total. The summed E-state index contributed by atoms with van der Waals surface area (Å²) in [6.45, 7) is 12.5. The van der Waals surface area contributed by atoms with Gasteiger partial charge in [-0.15, -0.1) is 0 Å². The fourth-order valence-corrected chi connectivity index (χ4v) is 1.94. The summed E-state index contributed by atoms with van der Waals surface area (Å²) in [4.78, 5) is 25.7. The fraction of sp³-hybridized carbons (Fsp3) is 0.867. The predicted molar refractivity (Wildman–Crippen MR) is 84.2 cm³/mol. The van der Waals surface area contributed by atoms with Crippen LogP contribution >= 0.6 is 0 Å². The minimum absolute atomic E-state index is 0.0369. The summed E-state index contributed by atoms with van der Waals surface area (Å²) >= 11 is 0. The molecule has 124 valence electrons. The van der Waals surface area contributed by atoms with Gasteiger partial charge in [-0.25, -0.2) is 4.79 Å². The highest BCUT2D eigenvalue weighted by molar-refractivity contribution is 5.85. The fourth-order valence-electron chi connectivity index (χ4n) is 1.94. The monoisotopic (exact) mass is 301 g/mol. The van der Waals surface area contributed by atoms with E-state index in [4.69, 9.17) is 4.74 Å². The molecule has 0 unspecified atom stereocenters. The third-order valence-corrected chi connectivity index (χ3v) is 2.61. The number of hydrogen-bond acceptors (Lipinski definition) is 4. The Balaban J connectivity index is 4.25. The van der Waals surface area contributed by atoms with Gasteiger partial charge < -0.3 is 20.3 Å². The van der Waals surface area contributed by atoms with Gasteiger partial charge in [-0.1, -0.05) is 13.8 Å². The van der Waals surface area contributed by atoms with Gasteiger partial charge in [0, 0.05) is 13.1 Å². The summed E-state index contributed by atoms with van der Waals surface area (Å²) in [6, 6.07) is -0.630. The Labute approximate surface area is 128 Å². The zero-order valence-corrected chi connectivity index (χ0v) is 14.7. The van der Waals surface area contributed by atoms with Gasteiger partial charge in [0.25, 0.3) is 0 Å². The number of ether oxygens (including phenoxy) is 1. The lowest BCUT2D eigenvalue weighted by Gasteiger charge is -2.29. The van der Waals surface area contributed by atoms with Crippen molar-refractivity contribution in [3.8, 4) is 0 Å². The molecule has 0 heterocycles. The van der Waals surface area contributed by atoms with E-state index in [0.717, 1.165) is 6.54 Å². The quantitative estimate of drug-likeness (QED) is 0.782. The Morgan fingerprint density at radius 3 is 2.10 bits per heavy atom. The number of carbonyl (C=O) groups is 2. The molecule has 21 heavy (non-hydrogen) atoms. The number of nitrogens with zero attached hydrogens (tertiary/aromatic N) is 1. The molecule has 0 rings (SSSR count).